The van der Waals surface area contributed by atoms with Gasteiger partial charge in [0.1, 0.15) is 5.00 Å². The lowest BCUT2D eigenvalue weighted by Crippen LogP contribution is -2.50. The summed E-state index contributed by atoms with van der Waals surface area (Å²) in [5, 5.41) is 3.34. The van der Waals surface area contributed by atoms with Gasteiger partial charge in [0.15, 0.2) is 0 Å². The maximum absolute atomic E-state index is 6.64. The lowest BCUT2D eigenvalue weighted by molar-refractivity contribution is 0.154. The van der Waals surface area contributed by atoms with Crippen LogP contribution in [-0.4, -0.2) is 31.1 Å². The largest absolute Gasteiger partial charge is 0.314 e. The Hall–Kier alpha value is -0.570. The van der Waals surface area contributed by atoms with Crippen LogP contribution in [0.5, 0.6) is 0 Å². The number of piperazine rings is 1. The number of benzene rings is 1. The molecule has 0 bridgehead atoms. The quantitative estimate of drug-likeness (QED) is 0.611. The molecule has 1 atom stereocenters. The Balaban J connectivity index is 2.18. The maximum Gasteiger partial charge on any atom is 0.119 e. The van der Waals surface area contributed by atoms with E-state index in [0.717, 1.165) is 26.2 Å². The molecule has 1 aliphatic heterocycles. The third-order valence-corrected chi connectivity index (χ3v) is 3.47. The molecule has 2 nitrogen and oxygen atoms in total. The molecule has 1 heterocycles. The number of hydrogen-bond acceptors (Lipinski definition) is 2. The minimum Gasteiger partial charge on any atom is -0.314 e. The smallest absolute Gasteiger partial charge is 0.119 e. The molecule has 0 radical (unpaired) electrons. The Morgan fingerprint density at radius 3 is 2.40 bits per heavy atom. The highest BCUT2D eigenvalue weighted by Crippen LogP contribution is 2.32. The van der Waals surface area contributed by atoms with Crippen molar-refractivity contribution < 1.29 is 0 Å². The average Bonchev–Trinajstić information content (AvgIpc) is 2.31. The molecule has 0 aromatic heterocycles. The summed E-state index contributed by atoms with van der Waals surface area (Å²) in [6, 6.07) is 10.3. The number of nitrogens with zero attached hydrogens (tertiary/aromatic N) is 1. The van der Waals surface area contributed by atoms with Crippen molar-refractivity contribution in [1.82, 2.24) is 10.2 Å². The van der Waals surface area contributed by atoms with Crippen LogP contribution in [0.15, 0.2) is 30.3 Å². The summed E-state index contributed by atoms with van der Waals surface area (Å²) in [7, 11) is 0. The minimum atomic E-state index is -0.372. The fourth-order valence-corrected chi connectivity index (χ4v) is 2.30. The molecule has 82 valence electrons. The number of alkyl halides is 1. The van der Waals surface area contributed by atoms with Gasteiger partial charge in [0.2, 0.25) is 0 Å². The second-order valence-electron chi connectivity index (χ2n) is 4.06. The molecule has 1 N–H and O–H groups in total. The molecule has 2 rings (SSSR count). The van der Waals surface area contributed by atoms with Crippen LogP contribution in [0.4, 0.5) is 0 Å². The number of nitrogens with one attached hydrogen (secondary N) is 1. The van der Waals surface area contributed by atoms with Crippen molar-refractivity contribution >= 4 is 11.6 Å². The molecule has 3 heteroatoms. The minimum absolute atomic E-state index is 0.372. The Kier molecular flexibility index (Phi) is 3.29. The Bertz CT molecular complexity index is 305. The zero-order valence-corrected chi connectivity index (χ0v) is 9.80. The summed E-state index contributed by atoms with van der Waals surface area (Å²) in [4.78, 5) is 1.95. The Labute approximate surface area is 96.2 Å². The molecule has 1 aromatic rings. The van der Waals surface area contributed by atoms with E-state index in [1.165, 1.54) is 5.56 Å². The summed E-state index contributed by atoms with van der Waals surface area (Å²) < 4.78 is 0. The fourth-order valence-electron chi connectivity index (χ4n) is 2.01. The van der Waals surface area contributed by atoms with E-state index in [1.54, 1.807) is 0 Å². The van der Waals surface area contributed by atoms with Gasteiger partial charge < -0.3 is 5.32 Å². The van der Waals surface area contributed by atoms with Gasteiger partial charge in [0.25, 0.3) is 0 Å². The predicted octanol–water partition coefficient (Wildman–Crippen LogP) is 2.00. The molecule has 1 aromatic carbocycles. The highest BCUT2D eigenvalue weighted by Gasteiger charge is 2.31. The molecule has 0 amide bonds. The third kappa shape index (κ3) is 2.33. The number of rotatable bonds is 2. The van der Waals surface area contributed by atoms with Gasteiger partial charge in [0, 0.05) is 26.2 Å². The van der Waals surface area contributed by atoms with Gasteiger partial charge in [-0.05, 0) is 12.5 Å². The van der Waals surface area contributed by atoms with E-state index in [-0.39, 0.29) is 5.00 Å². The van der Waals surface area contributed by atoms with Gasteiger partial charge in [-0.25, -0.2) is 0 Å². The summed E-state index contributed by atoms with van der Waals surface area (Å²) in [5.74, 6) is 0. The summed E-state index contributed by atoms with van der Waals surface area (Å²) in [6.07, 6.45) is 0. The van der Waals surface area contributed by atoms with Gasteiger partial charge in [-0.3, -0.25) is 4.90 Å². The number of halogens is 1. The maximum atomic E-state index is 6.64. The van der Waals surface area contributed by atoms with E-state index < -0.39 is 0 Å². The van der Waals surface area contributed by atoms with Crippen molar-refractivity contribution in [1.29, 1.82) is 0 Å². The third-order valence-electron chi connectivity index (χ3n) is 3.01. The van der Waals surface area contributed by atoms with Crippen LogP contribution in [0.3, 0.4) is 0 Å². The molecule has 15 heavy (non-hydrogen) atoms. The molecule has 0 aliphatic carbocycles. The van der Waals surface area contributed by atoms with Crippen LogP contribution in [0.1, 0.15) is 12.5 Å². The second kappa shape index (κ2) is 4.52. The van der Waals surface area contributed by atoms with E-state index in [0.29, 0.717) is 0 Å². The lowest BCUT2D eigenvalue weighted by Gasteiger charge is -2.39. The van der Waals surface area contributed by atoms with E-state index in [2.05, 4.69) is 29.3 Å². The first-order valence-electron chi connectivity index (χ1n) is 5.41. The van der Waals surface area contributed by atoms with Crippen LogP contribution in [0.2, 0.25) is 0 Å². The zero-order chi connectivity index (χ0) is 10.7. The first-order valence-corrected chi connectivity index (χ1v) is 5.79. The standard InChI is InChI=1S/C12H17ClN2/c1-12(13,11-5-3-2-4-6-11)15-9-7-14-8-10-15/h2-6,14H,7-10H2,1H3. The molecule has 1 unspecified atom stereocenters. The molecule has 1 fully saturated rings. The average molecular weight is 225 g/mol. The van der Waals surface area contributed by atoms with E-state index >= 15 is 0 Å². The van der Waals surface area contributed by atoms with Crippen LogP contribution in [0.25, 0.3) is 0 Å². The lowest BCUT2D eigenvalue weighted by atomic mass is 10.1. The normalized spacial score (nSPS) is 22.3. The molecule has 0 saturated carbocycles. The summed E-state index contributed by atoms with van der Waals surface area (Å²) in [6.45, 7) is 6.14. The highest BCUT2D eigenvalue weighted by atomic mass is 35.5. The van der Waals surface area contributed by atoms with Crippen LogP contribution in [0, 0.1) is 0 Å². The van der Waals surface area contributed by atoms with Crippen molar-refractivity contribution in [2.75, 3.05) is 26.2 Å². The molecular weight excluding hydrogens is 208 g/mol. The van der Waals surface area contributed by atoms with Gasteiger partial charge in [-0.2, -0.15) is 0 Å². The van der Waals surface area contributed by atoms with Crippen molar-refractivity contribution in [3.05, 3.63) is 35.9 Å². The van der Waals surface area contributed by atoms with Gasteiger partial charge >= 0.3 is 0 Å². The first-order chi connectivity index (χ1) is 7.21. The van der Waals surface area contributed by atoms with Gasteiger partial charge in [-0.1, -0.05) is 41.9 Å². The van der Waals surface area contributed by atoms with E-state index in [4.69, 9.17) is 11.6 Å². The molecule has 1 aliphatic rings. The fraction of sp³-hybridized carbons (Fsp3) is 0.500. The van der Waals surface area contributed by atoms with Crippen molar-refractivity contribution in [3.8, 4) is 0 Å². The Morgan fingerprint density at radius 2 is 1.80 bits per heavy atom. The van der Waals surface area contributed by atoms with Gasteiger partial charge in [0.05, 0.1) is 0 Å². The predicted molar refractivity (Wildman–Crippen MR) is 64.1 cm³/mol. The zero-order valence-electron chi connectivity index (χ0n) is 9.04. The molecule has 1 saturated heterocycles. The highest BCUT2D eigenvalue weighted by molar-refractivity contribution is 6.23. The topological polar surface area (TPSA) is 15.3 Å². The molecular formula is C12H17ClN2. The SMILES string of the molecule is CC(Cl)(c1ccccc1)N1CCNCC1. The van der Waals surface area contributed by atoms with Crippen LogP contribution in [-0.2, 0) is 5.00 Å². The molecule has 0 spiro atoms. The van der Waals surface area contributed by atoms with Crippen LogP contribution >= 0.6 is 11.6 Å². The van der Waals surface area contributed by atoms with Gasteiger partial charge in [-0.15, -0.1) is 0 Å². The van der Waals surface area contributed by atoms with Crippen molar-refractivity contribution in [3.63, 3.8) is 0 Å². The van der Waals surface area contributed by atoms with Crippen molar-refractivity contribution in [2.24, 2.45) is 0 Å². The Morgan fingerprint density at radius 1 is 1.20 bits per heavy atom. The monoisotopic (exact) mass is 224 g/mol. The van der Waals surface area contributed by atoms with Crippen LogP contribution < -0.4 is 5.32 Å². The number of hydrogen-bond donors (Lipinski definition) is 1. The van der Waals surface area contributed by atoms with Crippen molar-refractivity contribution in [2.45, 2.75) is 11.9 Å². The first kappa shape index (κ1) is 10.9. The van der Waals surface area contributed by atoms with E-state index in [1.807, 2.05) is 18.2 Å². The summed E-state index contributed by atoms with van der Waals surface area (Å²) in [5.41, 5.74) is 1.17. The van der Waals surface area contributed by atoms with E-state index in [9.17, 15) is 0 Å². The summed E-state index contributed by atoms with van der Waals surface area (Å²) >= 11 is 6.64. The second-order valence-corrected chi connectivity index (χ2v) is 4.79.